The monoisotopic (exact) mass is 359 g/mol. The van der Waals surface area contributed by atoms with Crippen molar-refractivity contribution in [2.75, 3.05) is 24.6 Å². The summed E-state index contributed by atoms with van der Waals surface area (Å²) in [4.78, 5) is 23.5. The zero-order valence-electron chi connectivity index (χ0n) is 14.0. The molecule has 1 amide bonds. The SMILES string of the molecule is O=C([C@@H]1CCS(=O)(=O)C1)N1CCC[C@H](c2cc3ncccc3cn2)C1. The van der Waals surface area contributed by atoms with Crippen molar-refractivity contribution in [3.05, 3.63) is 36.3 Å². The van der Waals surface area contributed by atoms with Crippen LogP contribution in [-0.2, 0) is 14.6 Å². The van der Waals surface area contributed by atoms with Gasteiger partial charge >= 0.3 is 0 Å². The van der Waals surface area contributed by atoms with Crippen molar-refractivity contribution in [2.24, 2.45) is 5.92 Å². The lowest BCUT2D eigenvalue weighted by Crippen LogP contribution is -2.42. The molecule has 2 aliphatic rings. The summed E-state index contributed by atoms with van der Waals surface area (Å²) in [5, 5.41) is 1.01. The van der Waals surface area contributed by atoms with Crippen molar-refractivity contribution in [3.63, 3.8) is 0 Å². The van der Waals surface area contributed by atoms with Crippen LogP contribution in [0.15, 0.2) is 30.6 Å². The Hall–Kier alpha value is -2.02. The second-order valence-corrected chi connectivity index (χ2v) is 9.26. The van der Waals surface area contributed by atoms with E-state index in [0.717, 1.165) is 29.4 Å². The summed E-state index contributed by atoms with van der Waals surface area (Å²) in [6.07, 6.45) is 5.96. The number of carbonyl (C=O) groups is 1. The first-order chi connectivity index (χ1) is 12.0. The third-order valence-electron chi connectivity index (χ3n) is 5.24. The van der Waals surface area contributed by atoms with Gasteiger partial charge in [-0.05, 0) is 37.5 Å². The second kappa shape index (κ2) is 6.37. The van der Waals surface area contributed by atoms with E-state index in [0.29, 0.717) is 19.5 Å². The topological polar surface area (TPSA) is 80.2 Å². The fraction of sp³-hybridized carbons (Fsp3) is 0.500. The highest BCUT2D eigenvalue weighted by atomic mass is 32.2. The fourth-order valence-corrected chi connectivity index (χ4v) is 5.60. The molecule has 2 saturated heterocycles. The maximum absolute atomic E-state index is 12.7. The quantitative estimate of drug-likeness (QED) is 0.816. The number of likely N-dealkylation sites (tertiary alicyclic amines) is 1. The van der Waals surface area contributed by atoms with Crippen LogP contribution >= 0.6 is 0 Å². The molecule has 0 radical (unpaired) electrons. The largest absolute Gasteiger partial charge is 0.342 e. The van der Waals surface area contributed by atoms with Gasteiger partial charge in [0.05, 0.1) is 22.9 Å². The molecular weight excluding hydrogens is 338 g/mol. The van der Waals surface area contributed by atoms with Crippen LogP contribution in [0.4, 0.5) is 0 Å². The molecule has 0 N–H and O–H groups in total. The standard InChI is InChI=1S/C18H21N3O3S/c22-18(15-5-8-25(23,24)12-15)21-7-2-4-14(11-21)17-9-16-13(10-20-17)3-1-6-19-16/h1,3,6,9-10,14-15H,2,4-5,7-8,11-12H2/t14-,15+/m0/s1. The average Bonchev–Trinajstić information content (AvgIpc) is 3.00. The Morgan fingerprint density at radius 2 is 2.12 bits per heavy atom. The first-order valence-corrected chi connectivity index (χ1v) is 10.5. The highest BCUT2D eigenvalue weighted by Crippen LogP contribution is 2.29. The van der Waals surface area contributed by atoms with E-state index in [1.807, 2.05) is 29.3 Å². The van der Waals surface area contributed by atoms with Gasteiger partial charge in [0.15, 0.2) is 9.84 Å². The van der Waals surface area contributed by atoms with Gasteiger partial charge < -0.3 is 4.90 Å². The molecule has 0 unspecified atom stereocenters. The maximum atomic E-state index is 12.7. The highest BCUT2D eigenvalue weighted by molar-refractivity contribution is 7.91. The number of pyridine rings is 2. The minimum absolute atomic E-state index is 0.00510. The lowest BCUT2D eigenvalue weighted by molar-refractivity contribution is -0.136. The summed E-state index contributed by atoms with van der Waals surface area (Å²) in [6, 6.07) is 5.88. The molecule has 6 nitrogen and oxygen atoms in total. The molecule has 7 heteroatoms. The molecule has 2 aromatic rings. The van der Waals surface area contributed by atoms with Crippen LogP contribution < -0.4 is 0 Å². The van der Waals surface area contributed by atoms with Crippen LogP contribution in [0.3, 0.4) is 0 Å². The number of carbonyl (C=O) groups excluding carboxylic acids is 1. The van der Waals surface area contributed by atoms with Gasteiger partial charge in [0.2, 0.25) is 5.91 Å². The van der Waals surface area contributed by atoms with E-state index in [1.165, 1.54) is 0 Å². The van der Waals surface area contributed by atoms with Crippen LogP contribution in [0, 0.1) is 5.92 Å². The lowest BCUT2D eigenvalue weighted by Gasteiger charge is -2.34. The van der Waals surface area contributed by atoms with E-state index in [9.17, 15) is 13.2 Å². The number of amides is 1. The van der Waals surface area contributed by atoms with Gasteiger partial charge in [-0.15, -0.1) is 0 Å². The van der Waals surface area contributed by atoms with Crippen molar-refractivity contribution in [1.82, 2.24) is 14.9 Å². The zero-order valence-corrected chi connectivity index (χ0v) is 14.8. The first-order valence-electron chi connectivity index (χ1n) is 8.72. The zero-order chi connectivity index (χ0) is 17.4. The summed E-state index contributed by atoms with van der Waals surface area (Å²) in [5.41, 5.74) is 1.88. The average molecular weight is 359 g/mol. The number of rotatable bonds is 2. The molecule has 2 atom stereocenters. The van der Waals surface area contributed by atoms with E-state index in [-0.39, 0.29) is 29.2 Å². The Bertz CT molecular complexity index is 913. The molecule has 2 aliphatic heterocycles. The Morgan fingerprint density at radius 1 is 1.24 bits per heavy atom. The van der Waals surface area contributed by atoms with E-state index in [4.69, 9.17) is 0 Å². The molecular formula is C18H21N3O3S. The van der Waals surface area contributed by atoms with Gasteiger partial charge in [0.1, 0.15) is 0 Å². The normalized spacial score (nSPS) is 26.0. The Morgan fingerprint density at radius 3 is 2.92 bits per heavy atom. The summed E-state index contributed by atoms with van der Waals surface area (Å²) in [6.45, 7) is 1.32. The number of piperidine rings is 1. The molecule has 132 valence electrons. The highest BCUT2D eigenvalue weighted by Gasteiger charge is 2.37. The van der Waals surface area contributed by atoms with Crippen LogP contribution in [0.5, 0.6) is 0 Å². The second-order valence-electron chi connectivity index (χ2n) is 7.03. The number of hydrogen-bond acceptors (Lipinski definition) is 5. The third kappa shape index (κ3) is 3.38. The van der Waals surface area contributed by atoms with Gasteiger partial charge in [-0.1, -0.05) is 0 Å². The van der Waals surface area contributed by atoms with Gasteiger partial charge in [-0.3, -0.25) is 14.8 Å². The molecule has 4 heterocycles. The number of sulfone groups is 1. The Kier molecular flexibility index (Phi) is 4.19. The molecule has 0 spiro atoms. The molecule has 2 aromatic heterocycles. The van der Waals surface area contributed by atoms with E-state index < -0.39 is 9.84 Å². The van der Waals surface area contributed by atoms with Crippen molar-refractivity contribution in [1.29, 1.82) is 0 Å². The van der Waals surface area contributed by atoms with Gasteiger partial charge in [0, 0.05) is 42.5 Å². The fourth-order valence-electron chi connectivity index (χ4n) is 3.87. The number of nitrogens with zero attached hydrogens (tertiary/aromatic N) is 3. The predicted octanol–water partition coefficient (Wildman–Crippen LogP) is 1.77. The van der Waals surface area contributed by atoms with Gasteiger partial charge in [-0.25, -0.2) is 8.42 Å². The maximum Gasteiger partial charge on any atom is 0.226 e. The summed E-state index contributed by atoms with van der Waals surface area (Å²) >= 11 is 0. The summed E-state index contributed by atoms with van der Waals surface area (Å²) < 4.78 is 23.3. The third-order valence-corrected chi connectivity index (χ3v) is 7.01. The predicted molar refractivity (Wildman–Crippen MR) is 94.9 cm³/mol. The van der Waals surface area contributed by atoms with E-state index >= 15 is 0 Å². The number of fused-ring (bicyclic) bond motifs is 1. The first kappa shape index (κ1) is 16.4. The smallest absolute Gasteiger partial charge is 0.226 e. The minimum atomic E-state index is -3.04. The van der Waals surface area contributed by atoms with Crippen molar-refractivity contribution in [3.8, 4) is 0 Å². The van der Waals surface area contributed by atoms with E-state index in [2.05, 4.69) is 9.97 Å². The number of hydrogen-bond donors (Lipinski definition) is 0. The van der Waals surface area contributed by atoms with Crippen molar-refractivity contribution < 1.29 is 13.2 Å². The van der Waals surface area contributed by atoms with Crippen LogP contribution in [-0.4, -0.2) is 53.8 Å². The van der Waals surface area contributed by atoms with Crippen molar-refractivity contribution in [2.45, 2.75) is 25.2 Å². The van der Waals surface area contributed by atoms with E-state index in [1.54, 1.807) is 6.20 Å². The lowest BCUT2D eigenvalue weighted by atomic mass is 9.92. The minimum Gasteiger partial charge on any atom is -0.342 e. The molecule has 2 fully saturated rings. The Balaban J connectivity index is 1.51. The summed E-state index contributed by atoms with van der Waals surface area (Å²) in [7, 11) is -3.04. The van der Waals surface area contributed by atoms with Crippen LogP contribution in [0.1, 0.15) is 30.9 Å². The van der Waals surface area contributed by atoms with Crippen molar-refractivity contribution >= 4 is 26.6 Å². The molecule has 4 rings (SSSR count). The molecule has 0 saturated carbocycles. The molecule has 0 aromatic carbocycles. The molecule has 0 bridgehead atoms. The molecule has 0 aliphatic carbocycles. The van der Waals surface area contributed by atoms with Crippen LogP contribution in [0.25, 0.3) is 10.9 Å². The van der Waals surface area contributed by atoms with Crippen LogP contribution in [0.2, 0.25) is 0 Å². The van der Waals surface area contributed by atoms with Gasteiger partial charge in [-0.2, -0.15) is 0 Å². The van der Waals surface area contributed by atoms with Gasteiger partial charge in [0.25, 0.3) is 0 Å². The number of aromatic nitrogens is 2. The molecule has 25 heavy (non-hydrogen) atoms. The Labute approximate surface area is 147 Å². The summed E-state index contributed by atoms with van der Waals surface area (Å²) in [5.74, 6) is -0.0502.